The Hall–Kier alpha value is 0.519. The molecule has 0 aromatic rings. The second-order valence-electron chi connectivity index (χ2n) is 3.33. The van der Waals surface area contributed by atoms with Crippen LogP contribution in [0.15, 0.2) is 0 Å². The van der Waals surface area contributed by atoms with Crippen LogP contribution in [0.25, 0.3) is 0 Å². The van der Waals surface area contributed by atoms with Gasteiger partial charge in [0.1, 0.15) is 0 Å². The summed E-state index contributed by atoms with van der Waals surface area (Å²) in [5.41, 5.74) is 0. The molecule has 0 aromatic heterocycles. The zero-order chi connectivity index (χ0) is 7.28. The zero-order valence-corrected chi connectivity index (χ0v) is 8.69. The molecule has 0 fully saturated rings. The molecule has 1 heteroatoms. The Balaban J connectivity index is 2.91. The van der Waals surface area contributed by atoms with Gasteiger partial charge in [-0.05, 0) is 0 Å². The van der Waals surface area contributed by atoms with Gasteiger partial charge in [-0.25, -0.2) is 0 Å². The first-order valence-corrected chi connectivity index (χ1v) is 6.13. The molecule has 0 bridgehead atoms. The molecule has 0 radical (unpaired) electrons. The van der Waals surface area contributed by atoms with E-state index in [2.05, 4.69) is 27.7 Å². The van der Waals surface area contributed by atoms with Crippen LogP contribution in [0.5, 0.6) is 0 Å². The van der Waals surface area contributed by atoms with Gasteiger partial charge in [0.15, 0.2) is 0 Å². The minimum atomic E-state index is 0.919. The molecule has 0 aromatic carbocycles. The van der Waals surface area contributed by atoms with Crippen LogP contribution in [0.1, 0.15) is 27.7 Å². The van der Waals surface area contributed by atoms with Gasteiger partial charge in [0, 0.05) is 0 Å². The second kappa shape index (κ2) is 5.32. The maximum absolute atomic E-state index is 2.31. The molecule has 0 saturated carbocycles. The van der Waals surface area contributed by atoms with E-state index in [1.54, 1.807) is 0 Å². The summed E-state index contributed by atoms with van der Waals surface area (Å²) in [5.74, 6) is 1.84. The third kappa shape index (κ3) is 8.52. The first-order valence-electron chi connectivity index (χ1n) is 3.70. The van der Waals surface area contributed by atoms with Crippen LogP contribution >= 0.6 is 0 Å². The molecule has 9 heavy (non-hydrogen) atoms. The van der Waals surface area contributed by atoms with Crippen molar-refractivity contribution in [2.45, 2.75) is 38.3 Å². The van der Waals surface area contributed by atoms with Gasteiger partial charge >= 0.3 is 65.1 Å². The first-order chi connectivity index (χ1) is 4.13. The van der Waals surface area contributed by atoms with Crippen molar-refractivity contribution in [1.82, 2.24) is 0 Å². The SMILES string of the molecule is CC(C)C[Se]CC(C)C. The fourth-order valence-electron chi connectivity index (χ4n) is 0.539. The Kier molecular flexibility index (Phi) is 5.62. The first kappa shape index (κ1) is 9.52. The average molecular weight is 193 g/mol. The van der Waals surface area contributed by atoms with E-state index in [4.69, 9.17) is 0 Å². The van der Waals surface area contributed by atoms with Gasteiger partial charge in [-0.1, -0.05) is 0 Å². The fraction of sp³-hybridized carbons (Fsp3) is 1.00. The van der Waals surface area contributed by atoms with Crippen molar-refractivity contribution in [3.63, 3.8) is 0 Å². The van der Waals surface area contributed by atoms with Gasteiger partial charge in [0.05, 0.1) is 0 Å². The molecule has 0 unspecified atom stereocenters. The monoisotopic (exact) mass is 194 g/mol. The predicted molar refractivity (Wildman–Crippen MR) is 45.0 cm³/mol. The maximum atomic E-state index is 2.31. The summed E-state index contributed by atoms with van der Waals surface area (Å²) in [6.45, 7) is 9.23. The van der Waals surface area contributed by atoms with Crippen LogP contribution in [-0.4, -0.2) is 15.0 Å². The fourth-order valence-corrected chi connectivity index (χ4v) is 2.80. The minimum absolute atomic E-state index is 0.919. The Labute approximate surface area is 65.6 Å². The van der Waals surface area contributed by atoms with Gasteiger partial charge < -0.3 is 0 Å². The van der Waals surface area contributed by atoms with Crippen LogP contribution in [0.3, 0.4) is 0 Å². The van der Waals surface area contributed by atoms with E-state index in [1.165, 1.54) is 10.6 Å². The molecular formula is C8H18Se. The summed E-state index contributed by atoms with van der Waals surface area (Å²) in [4.78, 5) is 0. The molecule has 0 rings (SSSR count). The van der Waals surface area contributed by atoms with Crippen LogP contribution in [0, 0.1) is 11.8 Å². The third-order valence-electron chi connectivity index (χ3n) is 0.902. The molecule has 0 N–H and O–H groups in total. The molecule has 0 saturated heterocycles. The Bertz CT molecular complexity index is 49.6. The summed E-state index contributed by atoms with van der Waals surface area (Å²) in [6.07, 6.45) is 0. The normalized spacial score (nSPS) is 11.3. The van der Waals surface area contributed by atoms with Crippen molar-refractivity contribution >= 4 is 15.0 Å². The van der Waals surface area contributed by atoms with Crippen molar-refractivity contribution in [3.05, 3.63) is 0 Å². The summed E-state index contributed by atoms with van der Waals surface area (Å²) < 4.78 is 0. The van der Waals surface area contributed by atoms with E-state index in [9.17, 15) is 0 Å². The molecular weight excluding hydrogens is 175 g/mol. The van der Waals surface area contributed by atoms with Crippen molar-refractivity contribution < 1.29 is 0 Å². The van der Waals surface area contributed by atoms with E-state index in [-0.39, 0.29) is 0 Å². The van der Waals surface area contributed by atoms with Crippen molar-refractivity contribution in [3.8, 4) is 0 Å². The number of hydrogen-bond donors (Lipinski definition) is 0. The van der Waals surface area contributed by atoms with E-state index < -0.39 is 0 Å². The quantitative estimate of drug-likeness (QED) is 0.602. The topological polar surface area (TPSA) is 0 Å². The molecule has 0 spiro atoms. The van der Waals surface area contributed by atoms with Gasteiger partial charge in [-0.2, -0.15) is 0 Å². The molecule has 0 heterocycles. The Morgan fingerprint density at radius 2 is 1.22 bits per heavy atom. The van der Waals surface area contributed by atoms with Gasteiger partial charge in [0.2, 0.25) is 0 Å². The van der Waals surface area contributed by atoms with Crippen LogP contribution in [0.2, 0.25) is 10.6 Å². The molecule has 56 valence electrons. The van der Waals surface area contributed by atoms with Crippen molar-refractivity contribution in [1.29, 1.82) is 0 Å². The molecule has 0 aliphatic carbocycles. The van der Waals surface area contributed by atoms with Crippen LogP contribution in [0.4, 0.5) is 0 Å². The summed E-state index contributed by atoms with van der Waals surface area (Å²) in [7, 11) is 0. The van der Waals surface area contributed by atoms with E-state index >= 15 is 0 Å². The predicted octanol–water partition coefficient (Wildman–Crippen LogP) is 2.84. The van der Waals surface area contributed by atoms with Crippen LogP contribution < -0.4 is 0 Å². The second-order valence-corrected chi connectivity index (χ2v) is 5.58. The van der Waals surface area contributed by atoms with E-state index in [1.807, 2.05) is 0 Å². The van der Waals surface area contributed by atoms with Crippen molar-refractivity contribution in [2.24, 2.45) is 11.8 Å². The summed E-state index contributed by atoms with van der Waals surface area (Å²) >= 11 is 0.919. The molecule has 0 nitrogen and oxygen atoms in total. The van der Waals surface area contributed by atoms with E-state index in [0.29, 0.717) is 0 Å². The molecule has 0 aliphatic rings. The number of hydrogen-bond acceptors (Lipinski definition) is 0. The Morgan fingerprint density at radius 1 is 0.889 bits per heavy atom. The standard InChI is InChI=1S/C8H18Se/c1-7(2)5-9-6-8(3)4/h7-8H,5-6H2,1-4H3. The zero-order valence-electron chi connectivity index (χ0n) is 6.98. The van der Waals surface area contributed by atoms with Gasteiger partial charge in [-0.3, -0.25) is 0 Å². The molecule has 0 amide bonds. The third-order valence-corrected chi connectivity index (χ3v) is 4.69. The average Bonchev–Trinajstić information content (AvgIpc) is 1.63. The number of rotatable bonds is 4. The van der Waals surface area contributed by atoms with Gasteiger partial charge in [0.25, 0.3) is 0 Å². The Morgan fingerprint density at radius 3 is 1.44 bits per heavy atom. The molecule has 0 aliphatic heterocycles. The summed E-state index contributed by atoms with van der Waals surface area (Å²) in [5, 5.41) is 2.93. The van der Waals surface area contributed by atoms with E-state index in [0.717, 1.165) is 26.8 Å². The van der Waals surface area contributed by atoms with Crippen molar-refractivity contribution in [2.75, 3.05) is 0 Å². The summed E-state index contributed by atoms with van der Waals surface area (Å²) in [6, 6.07) is 0. The van der Waals surface area contributed by atoms with Crippen LogP contribution in [-0.2, 0) is 0 Å². The van der Waals surface area contributed by atoms with Gasteiger partial charge in [-0.15, -0.1) is 0 Å². The molecule has 0 atom stereocenters.